The zero-order chi connectivity index (χ0) is 52.9. The summed E-state index contributed by atoms with van der Waals surface area (Å²) in [6.45, 7) is 29.9. The second-order valence-electron chi connectivity index (χ2n) is 14.5. The van der Waals surface area contributed by atoms with Crippen molar-refractivity contribution in [3.63, 3.8) is 0 Å². The monoisotopic (exact) mass is 1130 g/mol. The van der Waals surface area contributed by atoms with Gasteiger partial charge in [0.2, 0.25) is 0 Å². The van der Waals surface area contributed by atoms with Gasteiger partial charge in [-0.2, -0.15) is 0 Å². The summed E-state index contributed by atoms with van der Waals surface area (Å²) in [5, 5.41) is 59.9. The van der Waals surface area contributed by atoms with Gasteiger partial charge >= 0.3 is 52.4 Å². The molecule has 2 atom stereocenters. The van der Waals surface area contributed by atoms with E-state index >= 15 is 0 Å². The van der Waals surface area contributed by atoms with Gasteiger partial charge in [-0.15, -0.1) is 0 Å². The van der Waals surface area contributed by atoms with E-state index in [0.29, 0.717) is 96.3 Å². The number of rotatable bonds is 14. The van der Waals surface area contributed by atoms with E-state index in [0.717, 1.165) is 0 Å². The molecule has 388 valence electrons. The molecule has 0 fully saturated rings. The van der Waals surface area contributed by atoms with Crippen LogP contribution in [0.15, 0.2) is 60.7 Å². The van der Waals surface area contributed by atoms with Gasteiger partial charge in [-0.25, -0.2) is 0 Å². The van der Waals surface area contributed by atoms with Crippen LogP contribution in [-0.4, -0.2) is 144 Å². The largest absolute Gasteiger partial charge is 3.00 e. The molecule has 2 aliphatic carbocycles. The van der Waals surface area contributed by atoms with E-state index in [-0.39, 0.29) is 52.4 Å². The molecule has 2 unspecified atom stereocenters. The maximum atomic E-state index is 9.98. The third kappa shape index (κ3) is 29.5. The normalized spacial score (nSPS) is 12.8. The van der Waals surface area contributed by atoms with Crippen molar-refractivity contribution in [1.29, 1.82) is 0 Å². The molecule has 0 spiro atoms. The van der Waals surface area contributed by atoms with E-state index in [2.05, 4.69) is 79.8 Å². The molecule has 4 rings (SSSR count). The molecule has 0 N–H and O–H groups in total. The topological polar surface area (TPSA) is 260 Å². The van der Waals surface area contributed by atoms with Gasteiger partial charge in [-0.3, -0.25) is 0 Å². The molecule has 0 saturated carbocycles. The SMILES string of the molecule is CC(C1C=Cc2ccccc21)C1C=Cc2ccccc21.CCN(CC)C(=O)[O-].CCN(CC)C(=O)[O-].CCN(CC)C(=O)[O-].CCN(CC)C(=O)[O-].CCN(CC)C(=O)[O-].CCN(CC)C(=O)[O-].[Zr+3].[Zr+3]. The number of fused-ring (bicyclic) bond motifs is 2. The number of allylic oxidation sites excluding steroid dienone is 2. The number of hydrogen-bond acceptors (Lipinski definition) is 12. The standard InChI is InChI=1S/C20H18.6C5H11NO2.2Zr/c1-14(17-12-10-15-6-2-4-8-19(15)17)18-13-11-16-7-3-5-9-20(16)18;6*1-3-6(4-2)5(7)8;;/h2-14,17-18H,1H3;6*3-4H2,1-2H3,(H,7,8);;/q;;;;;;;2*+3/p-6. The first-order valence-corrected chi connectivity index (χ1v) is 23.5. The van der Waals surface area contributed by atoms with Crippen LogP contribution in [0.5, 0.6) is 0 Å². The van der Waals surface area contributed by atoms with E-state index in [1.165, 1.54) is 51.7 Å². The van der Waals surface area contributed by atoms with E-state index < -0.39 is 36.6 Å². The quantitative estimate of drug-likeness (QED) is 0.264. The second-order valence-corrected chi connectivity index (χ2v) is 14.5. The molecular weight excluding hydrogens is 1060 g/mol. The summed E-state index contributed by atoms with van der Waals surface area (Å²) >= 11 is 0. The van der Waals surface area contributed by atoms with Crippen LogP contribution in [0.1, 0.15) is 124 Å². The van der Waals surface area contributed by atoms with Gasteiger partial charge in [0.25, 0.3) is 0 Å². The van der Waals surface area contributed by atoms with E-state index in [1.54, 1.807) is 83.1 Å². The predicted octanol–water partition coefficient (Wildman–Crippen LogP) is 3.27. The molecule has 2 aromatic rings. The summed E-state index contributed by atoms with van der Waals surface area (Å²) in [4.78, 5) is 67.2. The van der Waals surface area contributed by atoms with Gasteiger partial charge < -0.3 is 88.8 Å². The van der Waals surface area contributed by atoms with Crippen LogP contribution in [-0.2, 0) is 52.4 Å². The molecule has 2 aromatic carbocycles. The fourth-order valence-corrected chi connectivity index (χ4v) is 6.59. The van der Waals surface area contributed by atoms with Gasteiger partial charge in [0.1, 0.15) is 36.6 Å². The minimum atomic E-state index is -1.09. The molecule has 0 bridgehead atoms. The fraction of sp³-hybridized carbons (Fsp3) is 0.560. The molecule has 0 aliphatic heterocycles. The average molecular weight is 1140 g/mol. The van der Waals surface area contributed by atoms with Crippen molar-refractivity contribution in [1.82, 2.24) is 29.4 Å². The number of benzene rings is 2. The maximum absolute atomic E-state index is 9.98. The van der Waals surface area contributed by atoms with Crippen LogP contribution in [0.4, 0.5) is 28.8 Å². The van der Waals surface area contributed by atoms with Crippen LogP contribution >= 0.6 is 0 Å². The smallest absolute Gasteiger partial charge is 0.530 e. The minimum Gasteiger partial charge on any atom is -0.530 e. The molecule has 0 aromatic heterocycles. The van der Waals surface area contributed by atoms with Gasteiger partial charge in [0.15, 0.2) is 0 Å². The Labute approximate surface area is 456 Å². The maximum Gasteiger partial charge on any atom is 3.00 e. The Balaban J connectivity index is -0.000000246. The third-order valence-electron chi connectivity index (χ3n) is 10.9. The Bertz CT molecular complexity index is 1570. The third-order valence-corrected chi connectivity index (χ3v) is 10.9. The van der Waals surface area contributed by atoms with Crippen LogP contribution in [0.2, 0.25) is 0 Å². The predicted molar refractivity (Wildman–Crippen MR) is 255 cm³/mol. The van der Waals surface area contributed by atoms with Crippen molar-refractivity contribution in [2.75, 3.05) is 78.5 Å². The number of nitrogens with zero attached hydrogens (tertiary/aromatic N) is 6. The molecule has 70 heavy (non-hydrogen) atoms. The molecular formula is C50H78N6O12Zr2. The second kappa shape index (κ2) is 44.3. The summed E-state index contributed by atoms with van der Waals surface area (Å²) in [5.41, 5.74) is 5.75. The number of amides is 6. The number of hydrogen-bond donors (Lipinski definition) is 0. The van der Waals surface area contributed by atoms with Gasteiger partial charge in [0, 0.05) is 90.4 Å². The van der Waals surface area contributed by atoms with Crippen LogP contribution in [0.3, 0.4) is 0 Å². The Hall–Kier alpha value is -4.69. The van der Waals surface area contributed by atoms with Gasteiger partial charge in [-0.1, -0.05) is 79.8 Å². The zero-order valence-electron chi connectivity index (χ0n) is 43.7. The van der Waals surface area contributed by atoms with Crippen LogP contribution in [0.25, 0.3) is 12.2 Å². The zero-order valence-corrected chi connectivity index (χ0v) is 48.6. The Morgan fingerprint density at radius 3 is 0.686 bits per heavy atom. The first-order chi connectivity index (χ1) is 32.2. The first-order valence-electron chi connectivity index (χ1n) is 23.5. The van der Waals surface area contributed by atoms with Crippen molar-refractivity contribution in [3.8, 4) is 0 Å². The van der Waals surface area contributed by atoms with Crippen molar-refractivity contribution in [2.45, 2.75) is 102 Å². The van der Waals surface area contributed by atoms with Crippen molar-refractivity contribution in [3.05, 3.63) is 82.9 Å². The van der Waals surface area contributed by atoms with Crippen molar-refractivity contribution in [2.24, 2.45) is 5.92 Å². The molecule has 0 saturated heterocycles. The van der Waals surface area contributed by atoms with E-state index in [9.17, 15) is 59.4 Å². The summed E-state index contributed by atoms with van der Waals surface area (Å²) < 4.78 is 0. The van der Waals surface area contributed by atoms with Crippen LogP contribution in [0, 0.1) is 5.92 Å². The molecule has 20 heteroatoms. The minimum absolute atomic E-state index is 0. The van der Waals surface area contributed by atoms with Crippen LogP contribution < -0.4 is 30.6 Å². The number of carbonyl (C=O) groups is 6. The first kappa shape index (κ1) is 74.3. The summed E-state index contributed by atoms with van der Waals surface area (Å²) in [5.74, 6) is 1.66. The molecule has 6 amide bonds. The average Bonchev–Trinajstić information content (AvgIpc) is 3.95. The summed E-state index contributed by atoms with van der Waals surface area (Å²) in [6, 6.07) is 17.6. The molecule has 18 nitrogen and oxygen atoms in total. The van der Waals surface area contributed by atoms with Gasteiger partial charge in [-0.05, 0) is 111 Å². The Morgan fingerprint density at radius 2 is 0.543 bits per heavy atom. The number of carboxylic acid groups (broad SMARTS) is 6. The fourth-order valence-electron chi connectivity index (χ4n) is 6.59. The summed E-state index contributed by atoms with van der Waals surface area (Å²) in [6.07, 6.45) is 2.79. The van der Waals surface area contributed by atoms with E-state index in [4.69, 9.17) is 0 Å². The number of carbonyl (C=O) groups excluding carboxylic acids is 6. The van der Waals surface area contributed by atoms with Crippen molar-refractivity contribution < 1.29 is 112 Å². The molecule has 0 heterocycles. The van der Waals surface area contributed by atoms with Crippen molar-refractivity contribution >= 4 is 48.7 Å². The van der Waals surface area contributed by atoms with E-state index in [1.807, 2.05) is 0 Å². The molecule has 2 aliphatic rings. The summed E-state index contributed by atoms with van der Waals surface area (Å²) in [7, 11) is 0. The Kier molecular flexibility index (Phi) is 47.0. The Morgan fingerprint density at radius 1 is 0.371 bits per heavy atom. The van der Waals surface area contributed by atoms with Gasteiger partial charge in [0.05, 0.1) is 0 Å². The molecule has 2 radical (unpaired) electrons.